The number of nitrogens with one attached hydrogen (secondary N) is 1. The quantitative estimate of drug-likeness (QED) is 0.666. The number of halogens is 1. The van der Waals surface area contributed by atoms with Gasteiger partial charge in [-0.05, 0) is 37.6 Å². The number of hydrogen-bond acceptors (Lipinski definition) is 4. The van der Waals surface area contributed by atoms with E-state index in [1.54, 1.807) is 6.92 Å². The standard InChI is InChI=1S/C16H17FN2O2/c1-3-21-16(20)11-8-15(12(17)9-13(11)18)19-14-7-5-4-6-10(14)2/h4-9,19H,3,18H2,1-2H3. The molecule has 2 rings (SSSR count). The Morgan fingerprint density at radius 3 is 2.67 bits per heavy atom. The van der Waals surface area contributed by atoms with Crippen molar-refractivity contribution in [3.63, 3.8) is 0 Å². The van der Waals surface area contributed by atoms with E-state index in [2.05, 4.69) is 5.32 Å². The van der Waals surface area contributed by atoms with Crippen molar-refractivity contribution in [2.75, 3.05) is 17.7 Å². The van der Waals surface area contributed by atoms with Crippen LogP contribution in [0.4, 0.5) is 21.5 Å². The summed E-state index contributed by atoms with van der Waals surface area (Å²) in [6, 6.07) is 9.96. The molecule has 0 aromatic heterocycles. The number of carbonyl (C=O) groups excluding carboxylic acids is 1. The Bertz CT molecular complexity index is 671. The van der Waals surface area contributed by atoms with Crippen molar-refractivity contribution in [1.82, 2.24) is 0 Å². The van der Waals surface area contributed by atoms with E-state index in [1.165, 1.54) is 6.07 Å². The summed E-state index contributed by atoms with van der Waals surface area (Å²) in [4.78, 5) is 11.8. The molecule has 0 aliphatic rings. The third kappa shape index (κ3) is 3.31. The van der Waals surface area contributed by atoms with Gasteiger partial charge < -0.3 is 15.8 Å². The Kier molecular flexibility index (Phi) is 4.42. The average molecular weight is 288 g/mol. The van der Waals surface area contributed by atoms with E-state index >= 15 is 0 Å². The third-order valence-corrected chi connectivity index (χ3v) is 3.05. The molecule has 0 unspecified atom stereocenters. The van der Waals surface area contributed by atoms with Crippen LogP contribution in [0.3, 0.4) is 0 Å². The highest BCUT2D eigenvalue weighted by Crippen LogP contribution is 2.27. The van der Waals surface area contributed by atoms with E-state index in [-0.39, 0.29) is 23.5 Å². The van der Waals surface area contributed by atoms with Gasteiger partial charge in [0.15, 0.2) is 0 Å². The summed E-state index contributed by atoms with van der Waals surface area (Å²) in [6.07, 6.45) is 0. The van der Waals surface area contributed by atoms with Gasteiger partial charge in [-0.15, -0.1) is 0 Å². The molecule has 4 nitrogen and oxygen atoms in total. The number of rotatable bonds is 4. The molecule has 0 bridgehead atoms. The van der Waals surface area contributed by atoms with Gasteiger partial charge in [-0.3, -0.25) is 0 Å². The molecule has 5 heteroatoms. The van der Waals surface area contributed by atoms with Crippen LogP contribution in [0.1, 0.15) is 22.8 Å². The molecule has 0 atom stereocenters. The molecule has 3 N–H and O–H groups in total. The van der Waals surface area contributed by atoms with E-state index < -0.39 is 11.8 Å². The Balaban J connectivity index is 2.38. The first-order valence-corrected chi connectivity index (χ1v) is 6.61. The predicted octanol–water partition coefficient (Wildman–Crippen LogP) is 3.64. The first-order chi connectivity index (χ1) is 10.0. The van der Waals surface area contributed by atoms with Gasteiger partial charge in [0, 0.05) is 11.4 Å². The van der Waals surface area contributed by atoms with Crippen LogP contribution in [0.15, 0.2) is 36.4 Å². The SMILES string of the molecule is CCOC(=O)c1cc(Nc2ccccc2C)c(F)cc1N. The minimum Gasteiger partial charge on any atom is -0.462 e. The topological polar surface area (TPSA) is 64.3 Å². The van der Waals surface area contributed by atoms with E-state index in [4.69, 9.17) is 10.5 Å². The molecule has 0 heterocycles. The van der Waals surface area contributed by atoms with Gasteiger partial charge in [-0.25, -0.2) is 9.18 Å². The van der Waals surface area contributed by atoms with Gasteiger partial charge in [0.05, 0.1) is 17.9 Å². The number of nitrogen functional groups attached to an aromatic ring is 1. The predicted molar refractivity (Wildman–Crippen MR) is 81.2 cm³/mol. The van der Waals surface area contributed by atoms with Crippen LogP contribution in [0.5, 0.6) is 0 Å². The summed E-state index contributed by atoms with van der Waals surface area (Å²) in [6.45, 7) is 3.84. The van der Waals surface area contributed by atoms with Crippen molar-refractivity contribution in [2.45, 2.75) is 13.8 Å². The molecule has 21 heavy (non-hydrogen) atoms. The van der Waals surface area contributed by atoms with Crippen LogP contribution in [0.25, 0.3) is 0 Å². The molecule has 0 fully saturated rings. The molecule has 0 aliphatic heterocycles. The number of para-hydroxylation sites is 1. The Morgan fingerprint density at radius 1 is 1.29 bits per heavy atom. The molecule has 110 valence electrons. The fourth-order valence-corrected chi connectivity index (χ4v) is 1.93. The lowest BCUT2D eigenvalue weighted by Crippen LogP contribution is -2.09. The molecule has 0 radical (unpaired) electrons. The number of benzene rings is 2. The van der Waals surface area contributed by atoms with Crippen LogP contribution in [-0.4, -0.2) is 12.6 Å². The van der Waals surface area contributed by atoms with Gasteiger partial charge in [0.25, 0.3) is 0 Å². The highest BCUT2D eigenvalue weighted by molar-refractivity contribution is 5.96. The van der Waals surface area contributed by atoms with E-state index in [1.807, 2.05) is 31.2 Å². The van der Waals surface area contributed by atoms with Crippen LogP contribution >= 0.6 is 0 Å². The number of esters is 1. The molecular weight excluding hydrogens is 271 g/mol. The number of nitrogens with two attached hydrogens (primary N) is 1. The van der Waals surface area contributed by atoms with Gasteiger partial charge >= 0.3 is 5.97 Å². The van der Waals surface area contributed by atoms with Crippen molar-refractivity contribution in [2.24, 2.45) is 0 Å². The van der Waals surface area contributed by atoms with Crippen molar-refractivity contribution in [3.8, 4) is 0 Å². The number of anilines is 3. The first kappa shape index (κ1) is 14.8. The van der Waals surface area contributed by atoms with E-state index in [0.717, 1.165) is 17.3 Å². The Labute approximate surface area is 122 Å². The maximum Gasteiger partial charge on any atom is 0.340 e. The Morgan fingerprint density at radius 2 is 2.00 bits per heavy atom. The van der Waals surface area contributed by atoms with Crippen LogP contribution in [0, 0.1) is 12.7 Å². The minimum atomic E-state index is -0.567. The summed E-state index contributed by atoms with van der Waals surface area (Å²) in [5.41, 5.74) is 7.79. The maximum absolute atomic E-state index is 14.0. The van der Waals surface area contributed by atoms with Gasteiger partial charge in [-0.2, -0.15) is 0 Å². The highest BCUT2D eigenvalue weighted by atomic mass is 19.1. The van der Waals surface area contributed by atoms with Crippen molar-refractivity contribution in [1.29, 1.82) is 0 Å². The smallest absolute Gasteiger partial charge is 0.340 e. The molecule has 0 amide bonds. The third-order valence-electron chi connectivity index (χ3n) is 3.05. The lowest BCUT2D eigenvalue weighted by atomic mass is 10.1. The monoisotopic (exact) mass is 288 g/mol. The number of ether oxygens (including phenoxy) is 1. The lowest BCUT2D eigenvalue weighted by Gasteiger charge is -2.13. The molecular formula is C16H17FN2O2. The van der Waals surface area contributed by atoms with Crippen molar-refractivity contribution >= 4 is 23.0 Å². The normalized spacial score (nSPS) is 10.2. The Hall–Kier alpha value is -2.56. The summed E-state index contributed by atoms with van der Waals surface area (Å²) in [7, 11) is 0. The molecule has 0 aliphatic carbocycles. The maximum atomic E-state index is 14.0. The minimum absolute atomic E-state index is 0.0567. The number of aryl methyl sites for hydroxylation is 1. The van der Waals surface area contributed by atoms with Gasteiger partial charge in [0.1, 0.15) is 5.82 Å². The molecule has 0 saturated heterocycles. The molecule has 0 spiro atoms. The fraction of sp³-hybridized carbons (Fsp3) is 0.188. The van der Waals surface area contributed by atoms with Crippen LogP contribution < -0.4 is 11.1 Å². The van der Waals surface area contributed by atoms with Crippen LogP contribution in [-0.2, 0) is 4.74 Å². The second-order valence-electron chi connectivity index (χ2n) is 4.58. The van der Waals surface area contributed by atoms with E-state index in [0.29, 0.717) is 0 Å². The van der Waals surface area contributed by atoms with Crippen molar-refractivity contribution < 1.29 is 13.9 Å². The number of hydrogen-bond donors (Lipinski definition) is 2. The largest absolute Gasteiger partial charge is 0.462 e. The zero-order valence-corrected chi connectivity index (χ0v) is 11.9. The van der Waals surface area contributed by atoms with Gasteiger partial charge in [-0.1, -0.05) is 18.2 Å². The average Bonchev–Trinajstić information content (AvgIpc) is 2.44. The second kappa shape index (κ2) is 6.26. The fourth-order valence-electron chi connectivity index (χ4n) is 1.93. The summed E-state index contributed by atoms with van der Waals surface area (Å²) in [5.74, 6) is -1.09. The second-order valence-corrected chi connectivity index (χ2v) is 4.58. The first-order valence-electron chi connectivity index (χ1n) is 6.61. The molecule has 2 aromatic carbocycles. The van der Waals surface area contributed by atoms with Gasteiger partial charge in [0.2, 0.25) is 0 Å². The van der Waals surface area contributed by atoms with Crippen molar-refractivity contribution in [3.05, 3.63) is 53.3 Å². The zero-order valence-electron chi connectivity index (χ0n) is 11.9. The lowest BCUT2D eigenvalue weighted by molar-refractivity contribution is 0.0527. The number of carbonyl (C=O) groups is 1. The summed E-state index contributed by atoms with van der Waals surface area (Å²) < 4.78 is 18.9. The molecule has 0 saturated carbocycles. The highest BCUT2D eigenvalue weighted by Gasteiger charge is 2.15. The zero-order chi connectivity index (χ0) is 15.4. The molecule has 2 aromatic rings. The van der Waals surface area contributed by atoms with Crippen LogP contribution in [0.2, 0.25) is 0 Å². The van der Waals surface area contributed by atoms with E-state index in [9.17, 15) is 9.18 Å². The summed E-state index contributed by atoms with van der Waals surface area (Å²) >= 11 is 0. The summed E-state index contributed by atoms with van der Waals surface area (Å²) in [5, 5.41) is 2.97.